The number of rotatable bonds is 7. The fourth-order valence-corrected chi connectivity index (χ4v) is 2.21. The first-order valence-corrected chi connectivity index (χ1v) is 7.27. The van der Waals surface area contributed by atoms with Crippen LogP contribution in [-0.4, -0.2) is 26.1 Å². The Kier molecular flexibility index (Phi) is 5.09. The predicted molar refractivity (Wildman–Crippen MR) is 80.3 cm³/mol. The van der Waals surface area contributed by atoms with Crippen LogP contribution in [0.25, 0.3) is 0 Å². The molecule has 0 unspecified atom stereocenters. The minimum absolute atomic E-state index is 0.0784. The molecule has 0 bridgehead atoms. The average Bonchev–Trinajstić information content (AvgIpc) is 2.87. The number of carboxylic acids is 1. The first-order valence-electron chi connectivity index (χ1n) is 7.27. The number of carbonyl (C=O) groups is 1. The number of aryl methyl sites for hydroxylation is 2. The zero-order chi connectivity index (χ0) is 15.2. The molecule has 5 nitrogen and oxygen atoms in total. The van der Waals surface area contributed by atoms with E-state index in [1.54, 1.807) is 4.68 Å². The van der Waals surface area contributed by atoms with Gasteiger partial charge in [-0.15, -0.1) is 5.10 Å². The van der Waals surface area contributed by atoms with E-state index in [2.05, 4.69) is 24.2 Å². The van der Waals surface area contributed by atoms with Gasteiger partial charge in [0.25, 0.3) is 0 Å². The summed E-state index contributed by atoms with van der Waals surface area (Å²) in [6.07, 6.45) is 2.38. The molecule has 0 fully saturated rings. The van der Waals surface area contributed by atoms with Crippen LogP contribution in [0.3, 0.4) is 0 Å². The van der Waals surface area contributed by atoms with Gasteiger partial charge in [-0.2, -0.15) is 0 Å². The normalized spacial score (nSPS) is 11.0. The summed E-state index contributed by atoms with van der Waals surface area (Å²) in [6, 6.07) is 10.0. The second-order valence-electron chi connectivity index (χ2n) is 5.58. The van der Waals surface area contributed by atoms with Crippen LogP contribution in [0.4, 0.5) is 0 Å². The Labute approximate surface area is 124 Å². The summed E-state index contributed by atoms with van der Waals surface area (Å²) in [6.45, 7) is 4.99. The van der Waals surface area contributed by atoms with E-state index in [-0.39, 0.29) is 5.69 Å². The summed E-state index contributed by atoms with van der Waals surface area (Å²) in [5.41, 5.74) is 1.98. The monoisotopic (exact) mass is 287 g/mol. The van der Waals surface area contributed by atoms with Crippen molar-refractivity contribution in [3.63, 3.8) is 0 Å². The van der Waals surface area contributed by atoms with Crippen molar-refractivity contribution >= 4 is 5.97 Å². The Morgan fingerprint density at radius 1 is 1.24 bits per heavy atom. The van der Waals surface area contributed by atoms with Gasteiger partial charge in [0.2, 0.25) is 0 Å². The van der Waals surface area contributed by atoms with Crippen LogP contribution in [0.5, 0.6) is 0 Å². The molecule has 0 aliphatic heterocycles. The molecule has 1 aromatic carbocycles. The third-order valence-corrected chi connectivity index (χ3v) is 3.45. The minimum atomic E-state index is -1.01. The van der Waals surface area contributed by atoms with E-state index in [0.717, 1.165) is 12.8 Å². The van der Waals surface area contributed by atoms with E-state index in [1.165, 1.54) is 5.56 Å². The molecule has 0 aliphatic rings. The molecule has 2 rings (SSSR count). The van der Waals surface area contributed by atoms with Crippen molar-refractivity contribution in [1.82, 2.24) is 15.0 Å². The van der Waals surface area contributed by atoms with E-state index in [1.807, 2.05) is 30.3 Å². The molecule has 2 aromatic rings. The van der Waals surface area contributed by atoms with E-state index in [0.29, 0.717) is 24.6 Å². The van der Waals surface area contributed by atoms with Crippen LogP contribution in [0.2, 0.25) is 0 Å². The quantitative estimate of drug-likeness (QED) is 0.850. The van der Waals surface area contributed by atoms with E-state index in [9.17, 15) is 9.90 Å². The van der Waals surface area contributed by atoms with Crippen molar-refractivity contribution < 1.29 is 9.90 Å². The average molecular weight is 287 g/mol. The summed E-state index contributed by atoms with van der Waals surface area (Å²) in [7, 11) is 0. The molecule has 5 heteroatoms. The molecule has 0 radical (unpaired) electrons. The maximum Gasteiger partial charge on any atom is 0.358 e. The van der Waals surface area contributed by atoms with Crippen molar-refractivity contribution in [2.75, 3.05) is 0 Å². The second kappa shape index (κ2) is 7.02. The van der Waals surface area contributed by atoms with Gasteiger partial charge in [-0.05, 0) is 30.7 Å². The van der Waals surface area contributed by atoms with Gasteiger partial charge >= 0.3 is 5.97 Å². The van der Waals surface area contributed by atoms with Crippen LogP contribution < -0.4 is 0 Å². The first kappa shape index (κ1) is 15.2. The Bertz CT molecular complexity index is 591. The van der Waals surface area contributed by atoms with E-state index in [4.69, 9.17) is 0 Å². The number of benzene rings is 1. The number of carboxylic acid groups (broad SMARTS) is 1. The van der Waals surface area contributed by atoms with Crippen LogP contribution >= 0.6 is 0 Å². The molecule has 1 heterocycles. The fraction of sp³-hybridized carbons (Fsp3) is 0.438. The second-order valence-corrected chi connectivity index (χ2v) is 5.58. The Balaban J connectivity index is 2.14. The number of hydrogen-bond acceptors (Lipinski definition) is 3. The fourth-order valence-electron chi connectivity index (χ4n) is 2.21. The lowest BCUT2D eigenvalue weighted by molar-refractivity contribution is 0.0689. The zero-order valence-corrected chi connectivity index (χ0v) is 12.5. The van der Waals surface area contributed by atoms with Gasteiger partial charge in [-0.25, -0.2) is 9.48 Å². The van der Waals surface area contributed by atoms with Crippen LogP contribution in [0, 0.1) is 5.92 Å². The van der Waals surface area contributed by atoms with E-state index >= 15 is 0 Å². The van der Waals surface area contributed by atoms with Crippen molar-refractivity contribution in [3.8, 4) is 0 Å². The van der Waals surface area contributed by atoms with Crippen molar-refractivity contribution in [3.05, 3.63) is 47.3 Å². The maximum atomic E-state index is 11.3. The maximum absolute atomic E-state index is 11.3. The molecule has 0 atom stereocenters. The highest BCUT2D eigenvalue weighted by Gasteiger charge is 2.18. The molecule has 1 aromatic heterocycles. The number of aromatic nitrogens is 3. The van der Waals surface area contributed by atoms with E-state index < -0.39 is 5.97 Å². The summed E-state index contributed by atoms with van der Waals surface area (Å²) in [5.74, 6) is -0.460. The molecule has 1 N–H and O–H groups in total. The van der Waals surface area contributed by atoms with Crippen LogP contribution in [0.1, 0.15) is 42.0 Å². The lowest BCUT2D eigenvalue weighted by Crippen LogP contribution is -2.11. The smallest absolute Gasteiger partial charge is 0.358 e. The van der Waals surface area contributed by atoms with Crippen molar-refractivity contribution in [1.29, 1.82) is 0 Å². The zero-order valence-electron chi connectivity index (χ0n) is 12.5. The predicted octanol–water partition coefficient (Wildman–Crippen LogP) is 2.81. The molecular formula is C16H21N3O2. The number of hydrogen-bond donors (Lipinski definition) is 1. The molecule has 21 heavy (non-hydrogen) atoms. The largest absolute Gasteiger partial charge is 0.476 e. The lowest BCUT2D eigenvalue weighted by atomic mass is 10.1. The Hall–Kier alpha value is -2.17. The molecule has 112 valence electrons. The highest BCUT2D eigenvalue weighted by molar-refractivity contribution is 5.86. The molecule has 0 saturated heterocycles. The standard InChI is InChI=1S/C16H21N3O2/c1-12(2)10-11-19-14(15(16(20)21)17-18-19)9-8-13-6-4-3-5-7-13/h3-7,12H,8-11H2,1-2H3,(H,20,21). The van der Waals surface area contributed by atoms with Gasteiger partial charge < -0.3 is 5.11 Å². The SMILES string of the molecule is CC(C)CCn1nnc(C(=O)O)c1CCc1ccccc1. The van der Waals surface area contributed by atoms with Gasteiger partial charge in [-0.1, -0.05) is 49.4 Å². The third kappa shape index (κ3) is 4.15. The molecule has 0 spiro atoms. The summed E-state index contributed by atoms with van der Waals surface area (Å²) < 4.78 is 1.74. The van der Waals surface area contributed by atoms with Gasteiger partial charge in [0, 0.05) is 6.54 Å². The first-order chi connectivity index (χ1) is 10.1. The van der Waals surface area contributed by atoms with Gasteiger partial charge in [0.05, 0.1) is 5.69 Å². The van der Waals surface area contributed by atoms with Gasteiger partial charge in [0.1, 0.15) is 0 Å². The van der Waals surface area contributed by atoms with Crippen molar-refractivity contribution in [2.45, 2.75) is 39.7 Å². The highest BCUT2D eigenvalue weighted by atomic mass is 16.4. The summed E-state index contributed by atoms with van der Waals surface area (Å²) in [4.78, 5) is 11.3. The number of aromatic carboxylic acids is 1. The lowest BCUT2D eigenvalue weighted by Gasteiger charge is -2.09. The van der Waals surface area contributed by atoms with Crippen molar-refractivity contribution in [2.24, 2.45) is 5.92 Å². The van der Waals surface area contributed by atoms with Gasteiger partial charge in [-0.3, -0.25) is 0 Å². The highest BCUT2D eigenvalue weighted by Crippen LogP contribution is 2.13. The molecule has 0 aliphatic carbocycles. The van der Waals surface area contributed by atoms with Gasteiger partial charge in [0.15, 0.2) is 5.69 Å². The minimum Gasteiger partial charge on any atom is -0.476 e. The molecule has 0 saturated carbocycles. The molecular weight excluding hydrogens is 266 g/mol. The van der Waals surface area contributed by atoms with Crippen LogP contribution in [-0.2, 0) is 19.4 Å². The third-order valence-electron chi connectivity index (χ3n) is 3.45. The Morgan fingerprint density at radius 3 is 2.57 bits per heavy atom. The summed E-state index contributed by atoms with van der Waals surface area (Å²) in [5, 5.41) is 17.1. The topological polar surface area (TPSA) is 68.0 Å². The molecule has 0 amide bonds. The Morgan fingerprint density at radius 2 is 1.95 bits per heavy atom. The number of nitrogens with zero attached hydrogens (tertiary/aromatic N) is 3. The summed E-state index contributed by atoms with van der Waals surface area (Å²) >= 11 is 0. The van der Waals surface area contributed by atoms with Crippen LogP contribution in [0.15, 0.2) is 30.3 Å².